The van der Waals surface area contributed by atoms with Gasteiger partial charge in [0.05, 0.1) is 22.8 Å². The number of sulfonamides is 1. The van der Waals surface area contributed by atoms with Crippen LogP contribution in [0.2, 0.25) is 0 Å². The number of pyridine rings is 1. The molecular formula is C24H25N3O4S. The van der Waals surface area contributed by atoms with E-state index in [0.29, 0.717) is 42.3 Å². The zero-order chi connectivity index (χ0) is 22.7. The Morgan fingerprint density at radius 2 is 2.03 bits per heavy atom. The molecule has 1 aromatic heterocycles. The molecule has 0 radical (unpaired) electrons. The van der Waals surface area contributed by atoms with E-state index in [-0.39, 0.29) is 10.8 Å². The molecule has 1 aliphatic heterocycles. The second kappa shape index (κ2) is 9.00. The lowest BCUT2D eigenvalue weighted by Crippen LogP contribution is -2.29. The molecule has 0 saturated carbocycles. The second-order valence-corrected chi connectivity index (χ2v) is 9.36. The predicted octanol–water partition coefficient (Wildman–Crippen LogP) is 4.18. The van der Waals surface area contributed by atoms with Crippen molar-refractivity contribution >= 4 is 27.3 Å². The number of benzene rings is 2. The number of nitrogens with one attached hydrogen (secondary N) is 1. The maximum atomic E-state index is 13.0. The molecule has 0 fully saturated rings. The van der Waals surface area contributed by atoms with Crippen molar-refractivity contribution < 1.29 is 17.9 Å². The van der Waals surface area contributed by atoms with Crippen molar-refractivity contribution in [2.24, 2.45) is 0 Å². The van der Waals surface area contributed by atoms with E-state index in [1.54, 1.807) is 47.5 Å². The minimum absolute atomic E-state index is 0.155. The molecule has 1 amide bonds. The Bertz CT molecular complexity index is 1240. The number of rotatable bonds is 7. The highest BCUT2D eigenvalue weighted by atomic mass is 32.2. The van der Waals surface area contributed by atoms with Gasteiger partial charge in [-0.2, -0.15) is 0 Å². The standard InChI is InChI=1S/C24H25N3O4S/c1-3-13-31-23-9-8-21(14-17(23)2)32(29,30)26-20-7-6-18-10-12-27(22(18)15-20)24(28)19-5-4-11-25-16-19/h4-9,11,14-16,26H,3,10,12-13H2,1-2H3. The summed E-state index contributed by atoms with van der Waals surface area (Å²) in [6.07, 6.45) is 4.74. The molecule has 0 aliphatic carbocycles. The zero-order valence-electron chi connectivity index (χ0n) is 18.0. The lowest BCUT2D eigenvalue weighted by Gasteiger charge is -2.18. The maximum Gasteiger partial charge on any atom is 0.261 e. The van der Waals surface area contributed by atoms with Crippen molar-refractivity contribution in [3.8, 4) is 5.75 Å². The average molecular weight is 452 g/mol. The van der Waals surface area contributed by atoms with E-state index < -0.39 is 10.0 Å². The van der Waals surface area contributed by atoms with Crippen LogP contribution in [0.15, 0.2) is 65.8 Å². The summed E-state index contributed by atoms with van der Waals surface area (Å²) in [6, 6.07) is 13.5. The van der Waals surface area contributed by atoms with E-state index in [9.17, 15) is 13.2 Å². The van der Waals surface area contributed by atoms with Crippen LogP contribution in [-0.4, -0.2) is 32.5 Å². The molecular weight excluding hydrogens is 426 g/mol. The molecule has 0 spiro atoms. The molecule has 1 aliphatic rings. The maximum absolute atomic E-state index is 13.0. The first-order valence-electron chi connectivity index (χ1n) is 10.5. The van der Waals surface area contributed by atoms with Crippen LogP contribution in [0.4, 0.5) is 11.4 Å². The molecule has 4 rings (SSSR count). The Kier molecular flexibility index (Phi) is 6.14. The fraction of sp³-hybridized carbons (Fsp3) is 0.250. The Morgan fingerprint density at radius 3 is 2.75 bits per heavy atom. The van der Waals surface area contributed by atoms with Gasteiger partial charge < -0.3 is 9.64 Å². The molecule has 2 aromatic carbocycles. The Labute approximate surface area is 188 Å². The molecule has 0 atom stereocenters. The van der Waals surface area contributed by atoms with E-state index in [2.05, 4.69) is 9.71 Å². The fourth-order valence-corrected chi connectivity index (χ4v) is 4.81. The lowest BCUT2D eigenvalue weighted by molar-refractivity contribution is 0.0989. The molecule has 32 heavy (non-hydrogen) atoms. The normalized spacial score (nSPS) is 13.0. The van der Waals surface area contributed by atoms with Crippen molar-refractivity contribution in [1.29, 1.82) is 0 Å². The molecule has 0 bridgehead atoms. The average Bonchev–Trinajstić information content (AvgIpc) is 3.21. The summed E-state index contributed by atoms with van der Waals surface area (Å²) >= 11 is 0. The number of amides is 1. The number of aromatic nitrogens is 1. The quantitative estimate of drug-likeness (QED) is 0.582. The van der Waals surface area contributed by atoms with Crippen molar-refractivity contribution in [2.45, 2.75) is 31.6 Å². The van der Waals surface area contributed by atoms with E-state index in [1.165, 1.54) is 12.3 Å². The monoisotopic (exact) mass is 451 g/mol. The first kappa shape index (κ1) is 21.8. The van der Waals surface area contributed by atoms with Crippen LogP contribution in [-0.2, 0) is 16.4 Å². The third-order valence-electron chi connectivity index (χ3n) is 5.31. The number of ether oxygens (including phenoxy) is 1. The van der Waals surface area contributed by atoms with Gasteiger partial charge in [-0.15, -0.1) is 0 Å². The summed E-state index contributed by atoms with van der Waals surface area (Å²) in [5, 5.41) is 0. The number of carbonyl (C=O) groups excluding carboxylic acids is 1. The van der Waals surface area contributed by atoms with Gasteiger partial charge >= 0.3 is 0 Å². The van der Waals surface area contributed by atoms with Crippen LogP contribution >= 0.6 is 0 Å². The highest BCUT2D eigenvalue weighted by molar-refractivity contribution is 7.92. The van der Waals surface area contributed by atoms with Crippen molar-refractivity contribution in [1.82, 2.24) is 4.98 Å². The summed E-state index contributed by atoms with van der Waals surface area (Å²) in [5.41, 5.74) is 3.35. The van der Waals surface area contributed by atoms with E-state index in [0.717, 1.165) is 17.5 Å². The minimum atomic E-state index is -3.80. The Morgan fingerprint density at radius 1 is 1.19 bits per heavy atom. The van der Waals surface area contributed by atoms with Gasteiger partial charge in [-0.05, 0) is 73.4 Å². The van der Waals surface area contributed by atoms with E-state index in [4.69, 9.17) is 4.74 Å². The fourth-order valence-electron chi connectivity index (χ4n) is 3.68. The number of nitrogens with zero attached hydrogens (tertiary/aromatic N) is 2. The van der Waals surface area contributed by atoms with Gasteiger partial charge in [0.15, 0.2) is 0 Å². The number of anilines is 2. The molecule has 3 aromatic rings. The van der Waals surface area contributed by atoms with Gasteiger partial charge in [0.1, 0.15) is 5.75 Å². The summed E-state index contributed by atoms with van der Waals surface area (Å²) in [7, 11) is -3.80. The smallest absolute Gasteiger partial charge is 0.261 e. The first-order chi connectivity index (χ1) is 15.4. The number of carbonyl (C=O) groups is 1. The van der Waals surface area contributed by atoms with Crippen LogP contribution in [0.5, 0.6) is 5.75 Å². The van der Waals surface area contributed by atoms with E-state index >= 15 is 0 Å². The Hall–Kier alpha value is -3.39. The van der Waals surface area contributed by atoms with Gasteiger partial charge in [0, 0.05) is 24.6 Å². The molecule has 7 nitrogen and oxygen atoms in total. The number of hydrogen-bond donors (Lipinski definition) is 1. The SMILES string of the molecule is CCCOc1ccc(S(=O)(=O)Nc2ccc3c(c2)N(C(=O)c2cccnc2)CC3)cc1C. The minimum Gasteiger partial charge on any atom is -0.493 e. The summed E-state index contributed by atoms with van der Waals surface area (Å²) in [4.78, 5) is 18.7. The molecule has 0 saturated heterocycles. The number of fused-ring (bicyclic) bond motifs is 1. The summed E-state index contributed by atoms with van der Waals surface area (Å²) in [6.45, 7) is 4.95. The summed E-state index contributed by atoms with van der Waals surface area (Å²) < 4.78 is 34.2. The van der Waals surface area contributed by atoms with Crippen LogP contribution < -0.4 is 14.4 Å². The zero-order valence-corrected chi connectivity index (χ0v) is 18.9. The van der Waals surface area contributed by atoms with Gasteiger partial charge in [0.2, 0.25) is 0 Å². The van der Waals surface area contributed by atoms with Crippen molar-refractivity contribution in [3.05, 3.63) is 77.6 Å². The van der Waals surface area contributed by atoms with Crippen LogP contribution in [0, 0.1) is 6.92 Å². The lowest BCUT2D eigenvalue weighted by atomic mass is 10.1. The van der Waals surface area contributed by atoms with Crippen molar-refractivity contribution in [3.63, 3.8) is 0 Å². The topological polar surface area (TPSA) is 88.6 Å². The Balaban J connectivity index is 1.57. The first-order valence-corrected chi connectivity index (χ1v) is 12.0. The number of aryl methyl sites for hydroxylation is 1. The molecule has 0 unspecified atom stereocenters. The van der Waals surface area contributed by atoms with Crippen molar-refractivity contribution in [2.75, 3.05) is 22.8 Å². The molecule has 1 N–H and O–H groups in total. The molecule has 166 valence electrons. The van der Waals surface area contributed by atoms with Crippen LogP contribution in [0.3, 0.4) is 0 Å². The third kappa shape index (κ3) is 4.45. The number of hydrogen-bond acceptors (Lipinski definition) is 5. The van der Waals surface area contributed by atoms with Gasteiger partial charge in [-0.3, -0.25) is 14.5 Å². The van der Waals surface area contributed by atoms with E-state index in [1.807, 2.05) is 19.9 Å². The largest absolute Gasteiger partial charge is 0.493 e. The molecule has 8 heteroatoms. The third-order valence-corrected chi connectivity index (χ3v) is 6.68. The van der Waals surface area contributed by atoms with Gasteiger partial charge in [-0.25, -0.2) is 8.42 Å². The second-order valence-electron chi connectivity index (χ2n) is 7.67. The predicted molar refractivity (Wildman–Crippen MR) is 124 cm³/mol. The summed E-state index contributed by atoms with van der Waals surface area (Å²) in [5.74, 6) is 0.517. The van der Waals surface area contributed by atoms with Gasteiger partial charge in [-0.1, -0.05) is 13.0 Å². The highest BCUT2D eigenvalue weighted by Gasteiger charge is 2.26. The van der Waals surface area contributed by atoms with Crippen LogP contribution in [0.1, 0.15) is 34.8 Å². The van der Waals surface area contributed by atoms with Gasteiger partial charge in [0.25, 0.3) is 15.9 Å². The highest BCUT2D eigenvalue weighted by Crippen LogP contribution is 2.33. The van der Waals surface area contributed by atoms with Crippen LogP contribution in [0.25, 0.3) is 0 Å². The molecule has 2 heterocycles.